The van der Waals surface area contributed by atoms with Crippen molar-refractivity contribution in [2.75, 3.05) is 0 Å². The van der Waals surface area contributed by atoms with Gasteiger partial charge < -0.3 is 0 Å². The Morgan fingerprint density at radius 3 is 1.44 bits per heavy atom. The zero-order chi connectivity index (χ0) is 12.9. The molecule has 96 valence electrons. The molecule has 0 fully saturated rings. The molecular formula is C12H26N2S2. The summed E-state index contributed by atoms with van der Waals surface area (Å²) >= 11 is 7.62. The van der Waals surface area contributed by atoms with E-state index < -0.39 is 0 Å². The molecule has 0 saturated carbocycles. The van der Waals surface area contributed by atoms with Crippen molar-refractivity contribution in [2.45, 2.75) is 54.9 Å². The van der Waals surface area contributed by atoms with E-state index in [4.69, 9.17) is 10.8 Å². The fraction of sp³-hybridized carbons (Fsp3) is 0.833. The Bertz CT molecular complexity index is 187. The second kappa shape index (κ2) is 17.0. The second-order valence-corrected chi connectivity index (χ2v) is 4.73. The van der Waals surface area contributed by atoms with Crippen molar-refractivity contribution >= 4 is 34.8 Å². The molecule has 4 heteroatoms. The topological polar surface area (TPSA) is 47.7 Å². The van der Waals surface area contributed by atoms with Crippen molar-refractivity contribution in [2.24, 2.45) is 11.3 Å². The van der Waals surface area contributed by atoms with Crippen molar-refractivity contribution in [3.8, 4) is 0 Å². The largest absolute Gasteiger partial charge is 0.248 e. The predicted molar refractivity (Wildman–Crippen MR) is 80.9 cm³/mol. The maximum Gasteiger partial charge on any atom is 0.0554 e. The number of isothiocyanates is 2. The zero-order valence-corrected chi connectivity index (χ0v) is 11.9. The highest BCUT2D eigenvalue weighted by Crippen LogP contribution is 2.28. The van der Waals surface area contributed by atoms with Gasteiger partial charge in [0.1, 0.15) is 0 Å². The lowest BCUT2D eigenvalue weighted by atomic mass is 9.82. The summed E-state index contributed by atoms with van der Waals surface area (Å²) < 4.78 is 0. The molecule has 0 bridgehead atoms. The van der Waals surface area contributed by atoms with Crippen LogP contribution in [0.25, 0.3) is 0 Å². The number of hydrogen-bond acceptors (Lipinski definition) is 4. The van der Waals surface area contributed by atoms with Gasteiger partial charge in [0.25, 0.3) is 0 Å². The van der Waals surface area contributed by atoms with Crippen LogP contribution in [-0.2, 0) is 0 Å². The smallest absolute Gasteiger partial charge is 0.0554 e. The van der Waals surface area contributed by atoms with Crippen LogP contribution in [0.4, 0.5) is 0 Å². The van der Waals surface area contributed by atoms with Gasteiger partial charge in [-0.3, -0.25) is 0 Å². The summed E-state index contributed by atoms with van der Waals surface area (Å²) in [4.78, 5) is 0. The van der Waals surface area contributed by atoms with Crippen LogP contribution in [0.1, 0.15) is 54.9 Å². The van der Waals surface area contributed by atoms with Gasteiger partial charge in [-0.2, -0.15) is 0 Å². The molecule has 0 aliphatic rings. The van der Waals surface area contributed by atoms with Gasteiger partial charge in [-0.15, -0.1) is 0 Å². The molecule has 0 unspecified atom stereocenters. The van der Waals surface area contributed by atoms with E-state index in [-0.39, 0.29) is 7.43 Å². The summed E-state index contributed by atoms with van der Waals surface area (Å²) in [5, 5.41) is 14.7. The average Bonchev–Trinajstić information content (AvgIpc) is 2.05. The summed E-state index contributed by atoms with van der Waals surface area (Å²) in [6.07, 6.45) is 2.65. The normalized spacial score (nSPS) is 8.12. The third-order valence-electron chi connectivity index (χ3n) is 1.92. The molecule has 0 aliphatic heterocycles. The van der Waals surface area contributed by atoms with Crippen LogP contribution < -0.4 is 0 Å². The monoisotopic (exact) mass is 262 g/mol. The van der Waals surface area contributed by atoms with Gasteiger partial charge in [0.2, 0.25) is 0 Å². The fourth-order valence-corrected chi connectivity index (χ4v) is 1.25. The first-order chi connectivity index (χ1) is 6.81. The molecule has 2 nitrogen and oxygen atoms in total. The molecule has 0 heterocycles. The summed E-state index contributed by atoms with van der Waals surface area (Å²) in [5.41, 5.74) is 0.564. The molecule has 0 spiro atoms. The molecule has 0 radical (unpaired) electrons. The Kier molecular flexibility index (Phi) is 26.3. The van der Waals surface area contributed by atoms with Crippen LogP contribution in [0.5, 0.6) is 0 Å². The van der Waals surface area contributed by atoms with E-state index in [1.807, 2.05) is 0 Å². The second-order valence-electron chi connectivity index (χ2n) is 4.32. The minimum Gasteiger partial charge on any atom is -0.248 e. The molecule has 0 aliphatic carbocycles. The molecule has 0 saturated heterocycles. The van der Waals surface area contributed by atoms with Crippen molar-refractivity contribution in [1.82, 2.24) is 0 Å². The summed E-state index contributed by atoms with van der Waals surface area (Å²) in [6, 6.07) is 0. The number of nitrogens with one attached hydrogen (secondary N) is 2. The first kappa shape index (κ1) is 24.7. The zero-order valence-electron chi connectivity index (χ0n) is 10.3. The van der Waals surface area contributed by atoms with E-state index in [0.29, 0.717) is 5.41 Å². The van der Waals surface area contributed by atoms with E-state index in [1.54, 1.807) is 10.3 Å². The lowest BCUT2D eigenvalue weighted by Gasteiger charge is -2.24. The van der Waals surface area contributed by atoms with E-state index in [9.17, 15) is 0 Å². The van der Waals surface area contributed by atoms with E-state index in [1.165, 1.54) is 12.8 Å². The first-order valence-electron chi connectivity index (χ1n) is 4.89. The van der Waals surface area contributed by atoms with Gasteiger partial charge in [0.05, 0.1) is 10.3 Å². The predicted octanol–water partition coefficient (Wildman–Crippen LogP) is 5.44. The Balaban J connectivity index is -0.0000000870. The number of rotatable bonds is 3. The molecule has 0 aromatic rings. The summed E-state index contributed by atoms with van der Waals surface area (Å²) in [7, 11) is 0. The van der Waals surface area contributed by atoms with Crippen molar-refractivity contribution in [1.29, 1.82) is 10.8 Å². The van der Waals surface area contributed by atoms with E-state index in [2.05, 4.69) is 59.1 Å². The van der Waals surface area contributed by atoms with Crippen LogP contribution in [-0.4, -0.2) is 10.3 Å². The maximum absolute atomic E-state index is 5.77. The van der Waals surface area contributed by atoms with Crippen LogP contribution in [0.2, 0.25) is 0 Å². The summed E-state index contributed by atoms with van der Waals surface area (Å²) in [6.45, 7) is 11.5. The molecule has 0 aromatic heterocycles. The minimum absolute atomic E-state index is 0. The van der Waals surface area contributed by atoms with Crippen molar-refractivity contribution < 1.29 is 0 Å². The number of hydrogen-bond donors (Lipinski definition) is 2. The third kappa shape index (κ3) is 37.4. The van der Waals surface area contributed by atoms with Crippen LogP contribution >= 0.6 is 24.4 Å². The lowest BCUT2D eigenvalue weighted by Crippen LogP contribution is -2.12. The highest BCUT2D eigenvalue weighted by Gasteiger charge is 2.15. The van der Waals surface area contributed by atoms with E-state index in [0.717, 1.165) is 5.92 Å². The van der Waals surface area contributed by atoms with Crippen molar-refractivity contribution in [3.63, 3.8) is 0 Å². The van der Waals surface area contributed by atoms with Crippen LogP contribution in [0, 0.1) is 22.2 Å². The average molecular weight is 262 g/mol. The van der Waals surface area contributed by atoms with Gasteiger partial charge in [-0.25, -0.2) is 10.8 Å². The Labute approximate surface area is 112 Å². The minimum atomic E-state index is 0. The first-order valence-corrected chi connectivity index (χ1v) is 5.70. The highest BCUT2D eigenvalue weighted by atomic mass is 32.1. The lowest BCUT2D eigenvalue weighted by molar-refractivity contribution is 0.277. The molecule has 0 atom stereocenters. The van der Waals surface area contributed by atoms with Gasteiger partial charge in [-0.1, -0.05) is 48.5 Å². The fourth-order valence-electron chi connectivity index (χ4n) is 1.25. The van der Waals surface area contributed by atoms with Gasteiger partial charge in [-0.05, 0) is 42.2 Å². The van der Waals surface area contributed by atoms with E-state index >= 15 is 0 Å². The van der Waals surface area contributed by atoms with Crippen LogP contribution in [0.3, 0.4) is 0 Å². The van der Waals surface area contributed by atoms with Crippen molar-refractivity contribution in [3.05, 3.63) is 0 Å². The van der Waals surface area contributed by atoms with Gasteiger partial charge in [0.15, 0.2) is 0 Å². The Morgan fingerprint density at radius 2 is 1.38 bits per heavy atom. The molecule has 16 heavy (non-hydrogen) atoms. The quantitative estimate of drug-likeness (QED) is 0.525. The standard InChI is InChI=1S/C9H20.2CHNS.CH4/c1-6-9(4,5)7-8(2)3;2*2-1-3;/h8H,6-7H2,1-5H3;2*2H;1H4. The molecular weight excluding hydrogens is 236 g/mol. The third-order valence-corrected chi connectivity index (χ3v) is 1.92. The molecule has 2 N–H and O–H groups in total. The van der Waals surface area contributed by atoms with Gasteiger partial charge in [0, 0.05) is 0 Å². The highest BCUT2D eigenvalue weighted by molar-refractivity contribution is 7.78. The SMILES string of the molecule is C.CCC(C)(C)CC(C)C.N=C=S.N=C=S. The van der Waals surface area contributed by atoms with Crippen LogP contribution in [0.15, 0.2) is 0 Å². The number of thiocarbonyl (C=S) groups is 2. The molecule has 0 aromatic carbocycles. The molecule has 0 amide bonds. The molecule has 0 rings (SSSR count). The Morgan fingerprint density at radius 1 is 1.12 bits per heavy atom. The van der Waals surface area contributed by atoms with Gasteiger partial charge >= 0.3 is 0 Å². The summed E-state index contributed by atoms with van der Waals surface area (Å²) in [5.74, 6) is 0.847. The Hall–Kier alpha value is -0.400. The maximum atomic E-state index is 5.77.